The van der Waals surface area contributed by atoms with Crippen LogP contribution in [-0.4, -0.2) is 68.0 Å². The van der Waals surface area contributed by atoms with E-state index in [1.54, 1.807) is 0 Å². The molecule has 216 valence electrons. The highest BCUT2D eigenvalue weighted by molar-refractivity contribution is 5.95. The van der Waals surface area contributed by atoms with Gasteiger partial charge in [-0.05, 0) is 30.4 Å². The van der Waals surface area contributed by atoms with Crippen molar-refractivity contribution < 1.29 is 40.5 Å². The highest BCUT2D eigenvalue weighted by Gasteiger charge is 2.47. The molecule has 5 rings (SSSR count). The van der Waals surface area contributed by atoms with Crippen molar-refractivity contribution in [3.8, 4) is 0 Å². The second kappa shape index (κ2) is 10.6. The molecule has 2 N–H and O–H groups in total. The largest absolute Gasteiger partial charge is 0.410 e. The molecule has 3 amide bonds. The number of imidazole rings is 1. The van der Waals surface area contributed by atoms with Gasteiger partial charge in [0.25, 0.3) is 5.91 Å². The number of rotatable bonds is 8. The molecule has 1 saturated carbocycles. The number of nitrogens with one attached hydrogen (secondary N) is 2. The van der Waals surface area contributed by atoms with Gasteiger partial charge in [-0.2, -0.15) is 18.3 Å². The molecule has 1 aliphatic carbocycles. The first kappa shape index (κ1) is 27.7. The number of nitrogens with zero attached hydrogens (tertiary/aromatic N) is 5. The van der Waals surface area contributed by atoms with Gasteiger partial charge in [-0.15, -0.1) is 0 Å². The van der Waals surface area contributed by atoms with Gasteiger partial charge in [0.1, 0.15) is 17.9 Å². The quantitative estimate of drug-likeness (QED) is 0.394. The van der Waals surface area contributed by atoms with E-state index < -0.39 is 55.3 Å². The Bertz CT molecular complexity index is 1380. The highest BCUT2D eigenvalue weighted by Crippen LogP contribution is 2.41. The number of halogens is 6. The van der Waals surface area contributed by atoms with Crippen LogP contribution in [0.5, 0.6) is 0 Å². The van der Waals surface area contributed by atoms with Gasteiger partial charge in [-0.3, -0.25) is 9.18 Å². The molecule has 1 saturated heterocycles. The zero-order valence-corrected chi connectivity index (χ0v) is 20.9. The maximum absolute atomic E-state index is 13.9. The summed E-state index contributed by atoms with van der Waals surface area (Å²) in [4.78, 5) is 30.7. The Balaban J connectivity index is 1.39. The van der Waals surface area contributed by atoms with Gasteiger partial charge < -0.3 is 20.1 Å². The molecular formula is C24H25F6N7O3. The van der Waals surface area contributed by atoms with Gasteiger partial charge in [0, 0.05) is 25.8 Å². The number of alkyl halides is 6. The van der Waals surface area contributed by atoms with E-state index >= 15 is 0 Å². The van der Waals surface area contributed by atoms with Gasteiger partial charge in [0.2, 0.25) is 5.92 Å². The first-order valence-corrected chi connectivity index (χ1v) is 12.6. The van der Waals surface area contributed by atoms with E-state index in [9.17, 15) is 35.9 Å². The average molecular weight is 573 g/mol. The Kier molecular flexibility index (Phi) is 7.35. The van der Waals surface area contributed by atoms with Crippen LogP contribution in [0.1, 0.15) is 59.0 Å². The molecule has 40 heavy (non-hydrogen) atoms. The summed E-state index contributed by atoms with van der Waals surface area (Å²) in [7, 11) is 0. The highest BCUT2D eigenvalue weighted by atomic mass is 19.4. The molecule has 1 unspecified atom stereocenters. The van der Waals surface area contributed by atoms with E-state index in [-0.39, 0.29) is 55.6 Å². The van der Waals surface area contributed by atoms with Crippen LogP contribution in [0, 0.1) is 5.92 Å². The van der Waals surface area contributed by atoms with Crippen molar-refractivity contribution in [2.24, 2.45) is 5.92 Å². The number of hydrogen-bond acceptors (Lipinski definition) is 6. The number of amides is 3. The molecule has 4 heterocycles. The minimum Gasteiger partial charge on any atom is -0.364 e. The fourth-order valence-corrected chi connectivity index (χ4v) is 5.06. The predicted molar refractivity (Wildman–Crippen MR) is 125 cm³/mol. The Labute approximate surface area is 223 Å². The lowest BCUT2D eigenvalue weighted by Gasteiger charge is -2.33. The van der Waals surface area contributed by atoms with Gasteiger partial charge in [0.15, 0.2) is 5.65 Å². The lowest BCUT2D eigenvalue weighted by atomic mass is 9.81. The summed E-state index contributed by atoms with van der Waals surface area (Å²) in [6.07, 6.45) is -1.25. The van der Waals surface area contributed by atoms with Crippen LogP contribution in [0.2, 0.25) is 0 Å². The normalized spacial score (nSPS) is 20.6. The third-order valence-corrected chi connectivity index (χ3v) is 7.21. The van der Waals surface area contributed by atoms with E-state index in [1.807, 2.05) is 5.32 Å². The standard InChI is InChI=1S/C24H25F6N7O3/c25-6-3-16-15(12-40-35-16)21(38)34-20(14-1-4-23(26,27)5-2-14)17-10-37-19(32-17)7-13(8-31-37)9-36-11-18(24(28,29)30)33-22(36)39/h7-8,10,12,14,18,20H,1-6,9,11H2,(H,33,39)(H,34,38)/t18-,20?/m0/s1. The van der Waals surface area contributed by atoms with Gasteiger partial charge in [-0.1, -0.05) is 5.16 Å². The molecule has 2 atom stereocenters. The average Bonchev–Trinajstić information content (AvgIpc) is 3.61. The first-order valence-electron chi connectivity index (χ1n) is 12.6. The van der Waals surface area contributed by atoms with Crippen molar-refractivity contribution in [1.82, 2.24) is 35.3 Å². The molecular weight excluding hydrogens is 548 g/mol. The summed E-state index contributed by atoms with van der Waals surface area (Å²) in [5, 5.41) is 12.6. The zero-order valence-electron chi connectivity index (χ0n) is 20.9. The Morgan fingerprint density at radius 3 is 2.70 bits per heavy atom. The SMILES string of the molecule is O=C(NC(c1cn2ncc(CN3C[C@@H](C(F)(F)F)NC3=O)cc2n1)C1CCC(F)(F)CC1)c1conc1CCF. The van der Waals surface area contributed by atoms with Crippen molar-refractivity contribution in [2.75, 3.05) is 13.2 Å². The molecule has 3 aromatic heterocycles. The third kappa shape index (κ3) is 5.84. The molecule has 16 heteroatoms. The monoisotopic (exact) mass is 573 g/mol. The topological polar surface area (TPSA) is 118 Å². The summed E-state index contributed by atoms with van der Waals surface area (Å²) in [5.74, 6) is -3.84. The van der Waals surface area contributed by atoms with Crippen molar-refractivity contribution in [1.29, 1.82) is 0 Å². The molecule has 0 spiro atoms. The first-order chi connectivity index (χ1) is 18.9. The predicted octanol–water partition coefficient (Wildman–Crippen LogP) is 3.98. The summed E-state index contributed by atoms with van der Waals surface area (Å²) in [6.45, 7) is -1.46. The van der Waals surface area contributed by atoms with Crippen LogP contribution in [0.25, 0.3) is 5.65 Å². The Morgan fingerprint density at radius 1 is 1.27 bits per heavy atom. The Morgan fingerprint density at radius 2 is 2.02 bits per heavy atom. The molecule has 2 aliphatic rings. The maximum Gasteiger partial charge on any atom is 0.410 e. The zero-order chi connectivity index (χ0) is 28.7. The van der Waals surface area contributed by atoms with Crippen molar-refractivity contribution in [2.45, 2.75) is 62.8 Å². The van der Waals surface area contributed by atoms with Crippen molar-refractivity contribution >= 4 is 17.6 Å². The van der Waals surface area contributed by atoms with Crippen molar-refractivity contribution in [3.63, 3.8) is 0 Å². The number of aromatic nitrogens is 4. The molecule has 2 fully saturated rings. The van der Waals surface area contributed by atoms with Crippen molar-refractivity contribution in [3.05, 3.63) is 47.2 Å². The fourth-order valence-electron chi connectivity index (χ4n) is 5.06. The van der Waals surface area contributed by atoms with Crippen LogP contribution in [0.4, 0.5) is 31.1 Å². The molecule has 0 bridgehead atoms. The smallest absolute Gasteiger partial charge is 0.364 e. The number of fused-ring (bicyclic) bond motifs is 1. The molecule has 10 nitrogen and oxygen atoms in total. The molecule has 0 radical (unpaired) electrons. The van der Waals surface area contributed by atoms with Gasteiger partial charge in [0.05, 0.1) is 43.0 Å². The van der Waals surface area contributed by atoms with Gasteiger partial charge in [-0.25, -0.2) is 23.1 Å². The summed E-state index contributed by atoms with van der Waals surface area (Å²) < 4.78 is 85.9. The summed E-state index contributed by atoms with van der Waals surface area (Å²) in [5.41, 5.74) is 1.17. The lowest BCUT2D eigenvalue weighted by molar-refractivity contribution is -0.149. The Hall–Kier alpha value is -3.85. The number of urea groups is 1. The van der Waals surface area contributed by atoms with E-state index in [0.717, 1.165) is 11.2 Å². The van der Waals surface area contributed by atoms with E-state index in [2.05, 4.69) is 20.6 Å². The number of hydrogen-bond donors (Lipinski definition) is 2. The van der Waals surface area contributed by atoms with Crippen LogP contribution in [0.15, 0.2) is 29.2 Å². The molecule has 1 aliphatic heterocycles. The second-order valence-electron chi connectivity index (χ2n) is 10.0. The van der Waals surface area contributed by atoms with Crippen LogP contribution >= 0.6 is 0 Å². The van der Waals surface area contributed by atoms with Gasteiger partial charge >= 0.3 is 12.2 Å². The van der Waals surface area contributed by atoms with E-state index in [1.165, 1.54) is 23.0 Å². The van der Waals surface area contributed by atoms with E-state index in [4.69, 9.17) is 4.52 Å². The summed E-state index contributed by atoms with van der Waals surface area (Å²) >= 11 is 0. The summed E-state index contributed by atoms with van der Waals surface area (Å²) in [6, 6.07) is -2.10. The minimum absolute atomic E-state index is 0.0222. The lowest BCUT2D eigenvalue weighted by Crippen LogP contribution is -2.40. The number of carbonyl (C=O) groups is 2. The maximum atomic E-state index is 13.9. The van der Waals surface area contributed by atoms with E-state index in [0.29, 0.717) is 11.3 Å². The number of aryl methyl sites for hydroxylation is 1. The second-order valence-corrected chi connectivity index (χ2v) is 10.0. The molecule has 3 aromatic rings. The number of carbonyl (C=O) groups excluding carboxylic acids is 2. The third-order valence-electron chi connectivity index (χ3n) is 7.21. The van der Waals surface area contributed by atoms with Crippen LogP contribution in [0.3, 0.4) is 0 Å². The fraction of sp³-hybridized carbons (Fsp3) is 0.542. The van der Waals surface area contributed by atoms with Crippen LogP contribution in [-0.2, 0) is 13.0 Å². The van der Waals surface area contributed by atoms with Crippen LogP contribution < -0.4 is 10.6 Å². The minimum atomic E-state index is -4.58. The molecule has 0 aromatic carbocycles.